The molecule has 3 fully saturated rings. The summed E-state index contributed by atoms with van der Waals surface area (Å²) in [5.41, 5.74) is -6.54. The Morgan fingerprint density at radius 1 is 0.982 bits per heavy atom. The van der Waals surface area contributed by atoms with Crippen molar-refractivity contribution in [1.29, 1.82) is 0 Å². The maximum Gasteiger partial charge on any atom is 0.348 e. The minimum atomic E-state index is -2.29. The van der Waals surface area contributed by atoms with Crippen molar-refractivity contribution in [3.8, 4) is 0 Å². The fraction of sp³-hybridized carbons (Fsp3) is 0.548. The highest BCUT2D eigenvalue weighted by Crippen LogP contribution is 2.64. The Morgan fingerprint density at radius 2 is 1.61 bits per heavy atom. The van der Waals surface area contributed by atoms with Gasteiger partial charge in [-0.05, 0) is 42.7 Å². The third kappa shape index (κ3) is 6.66. The van der Waals surface area contributed by atoms with E-state index >= 15 is 0 Å². The summed E-state index contributed by atoms with van der Waals surface area (Å²) in [6, 6.07) is 16.8. The molecular weight excluding hydrogens is 745 g/mol. The van der Waals surface area contributed by atoms with Crippen molar-refractivity contribution in [3.63, 3.8) is 0 Å². The molecular formula is C42H50O13S. The number of ketones is 1. The molecule has 0 aromatic heterocycles. The molecule has 302 valence electrons. The van der Waals surface area contributed by atoms with E-state index < -0.39 is 107 Å². The van der Waals surface area contributed by atoms with Crippen LogP contribution in [0.3, 0.4) is 0 Å². The molecule has 11 atom stereocenters. The topological polar surface area (TPSA) is 192 Å². The van der Waals surface area contributed by atoms with Gasteiger partial charge in [-0.1, -0.05) is 69.3 Å². The Labute approximate surface area is 331 Å². The number of benzene rings is 2. The highest BCUT2D eigenvalue weighted by Gasteiger charge is 2.78. The van der Waals surface area contributed by atoms with Gasteiger partial charge in [0.2, 0.25) is 6.10 Å². The third-order valence-corrected chi connectivity index (χ3v) is 13.0. The molecule has 2 aromatic rings. The lowest BCUT2D eigenvalue weighted by Gasteiger charge is -2.67. The van der Waals surface area contributed by atoms with E-state index in [1.807, 2.05) is 0 Å². The van der Waals surface area contributed by atoms with Gasteiger partial charge in [0.1, 0.15) is 30.0 Å². The SMILES string of the molecule is CC(=O)O[C@@]12CO[C@@H]1C[C@H](O)[C@@]1(C)C(=O)[C@H](O)C3=C(C)[C@@H](OC(=O)[C@H](OC(=O)CCS)[C@@H](C)c4ccccc4)C[C@@](O)(C(OC(=O)c4ccccc4)[C@H]21)C3(C)C. The Bertz CT molecular complexity index is 1900. The number of aliphatic hydroxyl groups is 3. The van der Waals surface area contributed by atoms with Gasteiger partial charge >= 0.3 is 23.9 Å². The lowest BCUT2D eigenvalue weighted by molar-refractivity contribution is -0.346. The second-order valence-corrected chi connectivity index (χ2v) is 16.6. The van der Waals surface area contributed by atoms with Gasteiger partial charge in [-0.3, -0.25) is 14.4 Å². The Hall–Kier alpha value is -4.08. The van der Waals surface area contributed by atoms with Gasteiger partial charge < -0.3 is 39.0 Å². The van der Waals surface area contributed by atoms with E-state index in [0.29, 0.717) is 5.56 Å². The first-order valence-corrected chi connectivity index (χ1v) is 19.4. The molecule has 2 saturated carbocycles. The minimum absolute atomic E-state index is 0.00469. The summed E-state index contributed by atoms with van der Waals surface area (Å²) in [7, 11) is 0. The highest BCUT2D eigenvalue weighted by atomic mass is 32.1. The largest absolute Gasteiger partial charge is 0.455 e. The van der Waals surface area contributed by atoms with Gasteiger partial charge in [-0.2, -0.15) is 12.6 Å². The first-order valence-electron chi connectivity index (χ1n) is 18.8. The molecule has 1 saturated heterocycles. The summed E-state index contributed by atoms with van der Waals surface area (Å²) < 4.78 is 30.0. The lowest BCUT2D eigenvalue weighted by Crippen LogP contribution is -2.81. The molecule has 1 heterocycles. The summed E-state index contributed by atoms with van der Waals surface area (Å²) in [5, 5.41) is 37.5. The van der Waals surface area contributed by atoms with Crippen molar-refractivity contribution < 1.29 is 63.0 Å². The van der Waals surface area contributed by atoms with Crippen molar-refractivity contribution in [2.75, 3.05) is 12.4 Å². The molecule has 2 aromatic carbocycles. The molecule has 4 aliphatic rings. The maximum atomic E-state index is 15.0. The number of aliphatic hydroxyl groups excluding tert-OH is 2. The molecule has 0 spiro atoms. The Kier molecular flexibility index (Phi) is 11.4. The van der Waals surface area contributed by atoms with Gasteiger partial charge in [0.05, 0.1) is 36.0 Å². The van der Waals surface area contributed by atoms with E-state index in [0.717, 1.165) is 0 Å². The van der Waals surface area contributed by atoms with Crippen molar-refractivity contribution in [3.05, 3.63) is 82.9 Å². The number of fused-ring (bicyclic) bond motifs is 5. The summed E-state index contributed by atoms with van der Waals surface area (Å²) in [6.07, 6.45) is -9.69. The van der Waals surface area contributed by atoms with Crippen LogP contribution in [0.25, 0.3) is 0 Å². The zero-order valence-corrected chi connectivity index (χ0v) is 33.2. The smallest absolute Gasteiger partial charge is 0.348 e. The second kappa shape index (κ2) is 15.4. The van der Waals surface area contributed by atoms with E-state index in [1.54, 1.807) is 76.2 Å². The molecule has 0 radical (unpaired) electrons. The normalized spacial score (nSPS) is 34.2. The van der Waals surface area contributed by atoms with Crippen molar-refractivity contribution in [2.45, 2.75) is 115 Å². The number of Topliss-reactive ketones (excluding diaryl/α,β-unsaturated/α-hetero) is 1. The van der Waals surface area contributed by atoms with Crippen LogP contribution in [-0.2, 0) is 42.9 Å². The van der Waals surface area contributed by atoms with Crippen LogP contribution in [0.1, 0.15) is 82.6 Å². The lowest BCUT2D eigenvalue weighted by atomic mass is 9.44. The second-order valence-electron chi connectivity index (χ2n) is 16.2. The fourth-order valence-electron chi connectivity index (χ4n) is 9.56. The number of hydrogen-bond acceptors (Lipinski definition) is 14. The molecule has 2 bridgehead atoms. The van der Waals surface area contributed by atoms with E-state index in [4.69, 9.17) is 23.7 Å². The van der Waals surface area contributed by atoms with Crippen LogP contribution in [0.5, 0.6) is 0 Å². The molecule has 14 heteroatoms. The first-order chi connectivity index (χ1) is 26.3. The zero-order valence-electron chi connectivity index (χ0n) is 32.3. The number of carbonyl (C=O) groups is 5. The van der Waals surface area contributed by atoms with E-state index in [2.05, 4.69) is 12.6 Å². The monoisotopic (exact) mass is 794 g/mol. The van der Waals surface area contributed by atoms with Crippen molar-refractivity contribution in [1.82, 2.24) is 0 Å². The first kappa shape index (κ1) is 41.6. The van der Waals surface area contributed by atoms with Crippen LogP contribution in [0, 0.1) is 16.7 Å². The average molecular weight is 795 g/mol. The Morgan fingerprint density at radius 3 is 2.18 bits per heavy atom. The number of rotatable bonds is 10. The summed E-state index contributed by atoms with van der Waals surface area (Å²) in [4.78, 5) is 69.0. The van der Waals surface area contributed by atoms with Crippen LogP contribution in [0.4, 0.5) is 0 Å². The van der Waals surface area contributed by atoms with Gasteiger partial charge in [0, 0.05) is 36.9 Å². The predicted molar refractivity (Wildman–Crippen MR) is 202 cm³/mol. The number of carbonyl (C=O) groups excluding carboxylic acids is 5. The molecule has 6 rings (SSSR count). The van der Waals surface area contributed by atoms with Crippen LogP contribution >= 0.6 is 12.6 Å². The molecule has 3 aliphatic carbocycles. The minimum Gasteiger partial charge on any atom is -0.455 e. The fourth-order valence-corrected chi connectivity index (χ4v) is 9.74. The van der Waals surface area contributed by atoms with E-state index in [1.165, 1.54) is 26.0 Å². The zero-order chi connectivity index (χ0) is 41.0. The number of hydrogen-bond donors (Lipinski definition) is 4. The molecule has 3 N–H and O–H groups in total. The van der Waals surface area contributed by atoms with E-state index in [9.17, 15) is 39.3 Å². The number of thiol groups is 1. The number of esters is 4. The predicted octanol–water partition coefficient (Wildman–Crippen LogP) is 3.67. The van der Waals surface area contributed by atoms with Crippen molar-refractivity contribution >= 4 is 42.3 Å². The van der Waals surface area contributed by atoms with Gasteiger partial charge in [0.25, 0.3) is 0 Å². The standard InChI is InChI=1S/C42H50O13S/c1-22(25-13-9-7-10-14-25)33(53-30(45)17-18-56)38(49)52-27-20-42(50)36(54-37(48)26-15-11-8-12-16-26)34-40(6,35(47)32(46)31(23(27)2)39(42,4)5)28(44)19-29-41(34,21-51-29)55-24(3)43/h7-16,22,27-29,32-34,36,44,46,50,56H,17-21H2,1-6H3/t22-,27-,28-,29+,32+,33+,34-,36?,40+,41-,42+/m0/s1. The highest BCUT2D eigenvalue weighted by molar-refractivity contribution is 7.80. The molecule has 1 unspecified atom stereocenters. The molecule has 56 heavy (non-hydrogen) atoms. The van der Waals surface area contributed by atoms with Crippen LogP contribution in [0.2, 0.25) is 0 Å². The maximum absolute atomic E-state index is 15.0. The van der Waals surface area contributed by atoms with Gasteiger partial charge in [-0.25, -0.2) is 9.59 Å². The molecule has 1 aliphatic heterocycles. The average Bonchev–Trinajstić information content (AvgIpc) is 3.15. The van der Waals surface area contributed by atoms with Gasteiger partial charge in [-0.15, -0.1) is 0 Å². The summed E-state index contributed by atoms with van der Waals surface area (Å²) >= 11 is 4.12. The summed E-state index contributed by atoms with van der Waals surface area (Å²) in [5.74, 6) is -6.16. The van der Waals surface area contributed by atoms with Crippen molar-refractivity contribution in [2.24, 2.45) is 16.7 Å². The van der Waals surface area contributed by atoms with Gasteiger partial charge in [0.15, 0.2) is 11.4 Å². The summed E-state index contributed by atoms with van der Waals surface area (Å²) in [6.45, 7) is 8.75. The molecule has 13 nitrogen and oxygen atoms in total. The van der Waals surface area contributed by atoms with Crippen LogP contribution in [0.15, 0.2) is 71.8 Å². The molecule has 0 amide bonds. The van der Waals surface area contributed by atoms with E-state index in [-0.39, 0.29) is 41.9 Å². The third-order valence-electron chi connectivity index (χ3n) is 12.8. The Balaban J connectivity index is 1.53. The number of ether oxygens (including phenoxy) is 5. The van der Waals surface area contributed by atoms with Crippen LogP contribution in [-0.4, -0.2) is 105 Å². The van der Waals surface area contributed by atoms with Crippen LogP contribution < -0.4 is 0 Å². The quantitative estimate of drug-likeness (QED) is 0.118.